The molecule has 4 nitrogen and oxygen atoms in total. The van der Waals surface area contributed by atoms with Gasteiger partial charge < -0.3 is 4.74 Å². The summed E-state index contributed by atoms with van der Waals surface area (Å²) in [6, 6.07) is 0. The van der Waals surface area contributed by atoms with E-state index in [2.05, 4.69) is 6.58 Å². The van der Waals surface area contributed by atoms with E-state index in [4.69, 9.17) is 9.26 Å². The lowest BCUT2D eigenvalue weighted by molar-refractivity contribution is -0.156. The first kappa shape index (κ1) is 17.3. The summed E-state index contributed by atoms with van der Waals surface area (Å²) in [6.07, 6.45) is 4.03. The molecule has 0 unspecified atom stereocenters. The van der Waals surface area contributed by atoms with E-state index < -0.39 is 5.60 Å². The molecule has 0 aromatic heterocycles. The van der Waals surface area contributed by atoms with Crippen molar-refractivity contribution in [2.24, 2.45) is 0 Å². The van der Waals surface area contributed by atoms with E-state index in [1.807, 2.05) is 13.8 Å². The van der Waals surface area contributed by atoms with Crippen LogP contribution in [0.1, 0.15) is 52.9 Å². The molecule has 0 amide bonds. The highest BCUT2D eigenvalue weighted by Gasteiger charge is 2.30. The molecule has 0 spiro atoms. The van der Waals surface area contributed by atoms with Crippen molar-refractivity contribution in [1.82, 2.24) is 0 Å². The summed E-state index contributed by atoms with van der Waals surface area (Å²) in [6.45, 7) is 9.74. The molecule has 0 atom stereocenters. The van der Waals surface area contributed by atoms with Gasteiger partial charge in [-0.05, 0) is 39.0 Å². The van der Waals surface area contributed by atoms with E-state index in [-0.39, 0.29) is 14.7 Å². The number of hydrogen-bond donors (Lipinski definition) is 0. The Morgan fingerprint density at radius 1 is 1.28 bits per heavy atom. The number of carbonyl (C=O) groups is 1. The van der Waals surface area contributed by atoms with E-state index in [0.29, 0.717) is 12.2 Å². The number of rotatable bonds is 10. The van der Waals surface area contributed by atoms with Crippen molar-refractivity contribution in [2.75, 3.05) is 6.61 Å². The van der Waals surface area contributed by atoms with Gasteiger partial charge in [0.05, 0.1) is 6.61 Å². The molecule has 0 N–H and O–H groups in total. The van der Waals surface area contributed by atoms with Gasteiger partial charge in [0, 0.05) is 5.57 Å². The summed E-state index contributed by atoms with van der Waals surface area (Å²) in [4.78, 5) is 11.6. The summed E-state index contributed by atoms with van der Waals surface area (Å²) < 4.78 is 20.4. The molecule has 0 bridgehead atoms. The lowest BCUT2D eigenvalue weighted by Gasteiger charge is -2.31. The summed E-state index contributed by atoms with van der Waals surface area (Å²) in [5, 5.41) is 0. The Bertz CT molecular complexity index is 285. The van der Waals surface area contributed by atoms with Crippen LogP contribution in [-0.2, 0) is 18.6 Å². The molecule has 0 aliphatic heterocycles. The van der Waals surface area contributed by atoms with Crippen LogP contribution in [0.2, 0.25) is 0 Å². The van der Waals surface area contributed by atoms with Crippen molar-refractivity contribution in [3.8, 4) is 0 Å². The maximum atomic E-state index is 11.6. The third-order valence-electron chi connectivity index (χ3n) is 3.12. The molecule has 0 heterocycles. The highest BCUT2D eigenvalue weighted by Crippen LogP contribution is 2.28. The molecule has 0 aromatic rings. The molecule has 0 aromatic carbocycles. The molecule has 0 aliphatic carbocycles. The standard InChI is InChI=1S/C13H23O4P/c1-5-13(6-2,17-12(14)11(3)4)9-7-8-10-16-18-15/h3,5-10H2,1-2,4H3. The Hall–Kier alpha value is -0.730. The molecular formula is C13H23O4P. The predicted molar refractivity (Wildman–Crippen MR) is 71.6 cm³/mol. The van der Waals surface area contributed by atoms with Crippen LogP contribution in [0.15, 0.2) is 12.2 Å². The molecule has 18 heavy (non-hydrogen) atoms. The summed E-state index contributed by atoms with van der Waals surface area (Å²) in [7, 11) is -0.280. The van der Waals surface area contributed by atoms with Gasteiger partial charge in [-0.2, -0.15) is 0 Å². The summed E-state index contributed by atoms with van der Waals surface area (Å²) >= 11 is 0. The Kier molecular flexibility index (Phi) is 8.86. The van der Waals surface area contributed by atoms with Crippen molar-refractivity contribution >= 4 is 14.7 Å². The molecule has 0 radical (unpaired) electrons. The van der Waals surface area contributed by atoms with Gasteiger partial charge in [-0.15, -0.1) is 0 Å². The molecule has 0 rings (SSSR count). The third-order valence-corrected chi connectivity index (χ3v) is 3.41. The van der Waals surface area contributed by atoms with Crippen LogP contribution in [0, 0.1) is 0 Å². The highest BCUT2D eigenvalue weighted by molar-refractivity contribution is 7.17. The van der Waals surface area contributed by atoms with Gasteiger partial charge in [0.1, 0.15) is 5.60 Å². The Balaban J connectivity index is 4.29. The van der Waals surface area contributed by atoms with Crippen molar-refractivity contribution in [2.45, 2.75) is 58.5 Å². The average Bonchev–Trinajstić information content (AvgIpc) is 2.36. The maximum Gasteiger partial charge on any atom is 0.333 e. The van der Waals surface area contributed by atoms with E-state index in [9.17, 15) is 9.36 Å². The number of unbranched alkanes of at least 4 members (excludes halogenated alkanes) is 1. The smallest absolute Gasteiger partial charge is 0.333 e. The number of esters is 1. The Labute approximate surface area is 111 Å². The number of carbonyl (C=O) groups excluding carboxylic acids is 1. The fraction of sp³-hybridized carbons (Fsp3) is 0.769. The largest absolute Gasteiger partial charge is 0.456 e. The van der Waals surface area contributed by atoms with Crippen molar-refractivity contribution in [3.05, 3.63) is 12.2 Å². The van der Waals surface area contributed by atoms with Crippen LogP contribution in [-0.4, -0.2) is 18.2 Å². The monoisotopic (exact) mass is 274 g/mol. The fourth-order valence-electron chi connectivity index (χ4n) is 1.73. The molecular weight excluding hydrogens is 251 g/mol. The second kappa shape index (κ2) is 9.23. The Morgan fingerprint density at radius 2 is 1.89 bits per heavy atom. The van der Waals surface area contributed by atoms with Gasteiger partial charge >= 0.3 is 14.7 Å². The van der Waals surface area contributed by atoms with Gasteiger partial charge in [0.2, 0.25) is 0 Å². The minimum Gasteiger partial charge on any atom is -0.456 e. The van der Waals surface area contributed by atoms with Crippen LogP contribution in [0.25, 0.3) is 0 Å². The lowest BCUT2D eigenvalue weighted by atomic mass is 9.90. The van der Waals surface area contributed by atoms with Gasteiger partial charge in [-0.25, -0.2) is 9.36 Å². The van der Waals surface area contributed by atoms with Crippen molar-refractivity contribution in [3.63, 3.8) is 0 Å². The van der Waals surface area contributed by atoms with Crippen LogP contribution in [0.5, 0.6) is 0 Å². The number of hydrogen-bond acceptors (Lipinski definition) is 4. The van der Waals surface area contributed by atoms with Crippen LogP contribution >= 0.6 is 8.69 Å². The van der Waals surface area contributed by atoms with E-state index in [1.54, 1.807) is 6.92 Å². The van der Waals surface area contributed by atoms with Gasteiger partial charge in [-0.3, -0.25) is 4.52 Å². The zero-order valence-corrected chi connectivity index (χ0v) is 12.4. The van der Waals surface area contributed by atoms with Gasteiger partial charge in [0.15, 0.2) is 0 Å². The topological polar surface area (TPSA) is 52.6 Å². The minimum atomic E-state index is -0.411. The third kappa shape index (κ3) is 6.27. The van der Waals surface area contributed by atoms with Crippen LogP contribution < -0.4 is 0 Å². The quantitative estimate of drug-likeness (QED) is 0.261. The summed E-state index contributed by atoms with van der Waals surface area (Å²) in [5.74, 6) is -0.326. The summed E-state index contributed by atoms with van der Waals surface area (Å²) in [5.41, 5.74) is 0.0142. The SMILES string of the molecule is C=C(C)C(=O)OC(CC)(CC)CCCCOP=O. The van der Waals surface area contributed by atoms with Gasteiger partial charge in [-0.1, -0.05) is 20.4 Å². The molecule has 0 saturated heterocycles. The van der Waals surface area contributed by atoms with E-state index in [0.717, 1.165) is 32.1 Å². The molecule has 0 saturated carbocycles. The molecule has 0 fully saturated rings. The average molecular weight is 274 g/mol. The first-order valence-corrected chi connectivity index (χ1v) is 7.07. The molecule has 0 aliphatic rings. The second-order valence-corrected chi connectivity index (χ2v) is 4.83. The zero-order valence-electron chi connectivity index (χ0n) is 11.5. The van der Waals surface area contributed by atoms with Crippen LogP contribution in [0.4, 0.5) is 0 Å². The first-order valence-electron chi connectivity index (χ1n) is 6.34. The van der Waals surface area contributed by atoms with Crippen molar-refractivity contribution in [1.29, 1.82) is 0 Å². The Morgan fingerprint density at radius 3 is 2.33 bits per heavy atom. The second-order valence-electron chi connectivity index (χ2n) is 4.42. The zero-order chi connectivity index (χ0) is 14.0. The first-order chi connectivity index (χ1) is 8.51. The molecule has 104 valence electrons. The van der Waals surface area contributed by atoms with Crippen molar-refractivity contribution < 1.29 is 18.6 Å². The highest BCUT2D eigenvalue weighted by atomic mass is 31.1. The minimum absolute atomic E-state index is 0.280. The van der Waals surface area contributed by atoms with E-state index >= 15 is 0 Å². The number of ether oxygens (including phenoxy) is 1. The molecule has 5 heteroatoms. The lowest BCUT2D eigenvalue weighted by Crippen LogP contribution is -2.34. The van der Waals surface area contributed by atoms with Gasteiger partial charge in [0.25, 0.3) is 0 Å². The maximum absolute atomic E-state index is 11.6. The predicted octanol–water partition coefficient (Wildman–Crippen LogP) is 4.06. The normalized spacial score (nSPS) is 11.5. The van der Waals surface area contributed by atoms with Crippen LogP contribution in [0.3, 0.4) is 0 Å². The van der Waals surface area contributed by atoms with E-state index in [1.165, 1.54) is 0 Å². The fourth-order valence-corrected chi connectivity index (χ4v) is 1.94.